The number of fused-ring (bicyclic) bond motifs is 1. The molecule has 3 rings (SSSR count). The lowest BCUT2D eigenvalue weighted by molar-refractivity contribution is 0.409. The van der Waals surface area contributed by atoms with Gasteiger partial charge in [-0.15, -0.1) is 0 Å². The number of para-hydroxylation sites is 2. The van der Waals surface area contributed by atoms with E-state index >= 15 is 0 Å². The molecule has 0 unspecified atom stereocenters. The van der Waals surface area contributed by atoms with Gasteiger partial charge in [0.05, 0.1) is 7.11 Å². The van der Waals surface area contributed by atoms with Gasteiger partial charge in [-0.05, 0) is 18.2 Å². The Bertz CT molecular complexity index is 822. The number of furan rings is 1. The van der Waals surface area contributed by atoms with Gasteiger partial charge < -0.3 is 19.8 Å². The lowest BCUT2D eigenvalue weighted by Gasteiger charge is -2.13. The summed E-state index contributed by atoms with van der Waals surface area (Å²) in [4.78, 5) is 4.26. The van der Waals surface area contributed by atoms with Crippen molar-refractivity contribution >= 4 is 16.9 Å². The van der Waals surface area contributed by atoms with Gasteiger partial charge in [0.15, 0.2) is 5.96 Å². The Kier molecular flexibility index (Phi) is 5.57. The first-order valence-electron chi connectivity index (χ1n) is 8.34. The number of methoxy groups -OCH3 is 1. The summed E-state index contributed by atoms with van der Waals surface area (Å²) < 4.78 is 11.2. The Labute approximate surface area is 147 Å². The van der Waals surface area contributed by atoms with Crippen LogP contribution in [0, 0.1) is 0 Å². The second-order valence-corrected chi connectivity index (χ2v) is 5.66. The number of nitrogens with one attached hydrogen (secondary N) is 2. The minimum atomic E-state index is 0.647. The standard InChI is InChI=1S/C20H23N3O2/c1-21-20(23-14-16-8-4-5-9-18(16)24-2)22-12-11-17-13-15-7-3-6-10-19(15)25-17/h3-10,13H,11-12,14H2,1-2H3,(H2,21,22,23). The van der Waals surface area contributed by atoms with E-state index in [1.165, 1.54) is 0 Å². The highest BCUT2D eigenvalue weighted by Gasteiger charge is 2.05. The second-order valence-electron chi connectivity index (χ2n) is 5.66. The van der Waals surface area contributed by atoms with Crippen LogP contribution in [0.1, 0.15) is 11.3 Å². The monoisotopic (exact) mass is 337 g/mol. The molecule has 2 N–H and O–H groups in total. The van der Waals surface area contributed by atoms with Crippen molar-refractivity contribution in [3.05, 3.63) is 65.9 Å². The number of guanidine groups is 1. The maximum Gasteiger partial charge on any atom is 0.191 e. The topological polar surface area (TPSA) is 58.8 Å². The molecule has 0 saturated carbocycles. The molecular formula is C20H23N3O2. The molecule has 0 atom stereocenters. The molecule has 0 spiro atoms. The van der Waals surface area contributed by atoms with Crippen LogP contribution in [0.15, 0.2) is 64.0 Å². The summed E-state index contributed by atoms with van der Waals surface area (Å²) in [6.45, 7) is 1.39. The zero-order valence-corrected chi connectivity index (χ0v) is 14.6. The van der Waals surface area contributed by atoms with Crippen LogP contribution < -0.4 is 15.4 Å². The molecule has 0 aliphatic rings. The van der Waals surface area contributed by atoms with E-state index in [9.17, 15) is 0 Å². The van der Waals surface area contributed by atoms with Crippen molar-refractivity contribution in [2.24, 2.45) is 4.99 Å². The molecule has 130 valence electrons. The molecule has 0 aliphatic carbocycles. The normalized spacial score (nSPS) is 11.5. The van der Waals surface area contributed by atoms with Crippen LogP contribution in [0.3, 0.4) is 0 Å². The summed E-state index contributed by atoms with van der Waals surface area (Å²) >= 11 is 0. The third-order valence-corrected chi connectivity index (χ3v) is 4.00. The third-order valence-electron chi connectivity index (χ3n) is 4.00. The van der Waals surface area contributed by atoms with Crippen LogP contribution >= 0.6 is 0 Å². The van der Waals surface area contributed by atoms with E-state index < -0.39 is 0 Å². The summed E-state index contributed by atoms with van der Waals surface area (Å²) in [5, 5.41) is 7.74. The Hall–Kier alpha value is -2.95. The number of hydrogen-bond donors (Lipinski definition) is 2. The van der Waals surface area contributed by atoms with Crippen LogP contribution in [0.5, 0.6) is 5.75 Å². The average Bonchev–Trinajstić information content (AvgIpc) is 3.07. The van der Waals surface area contributed by atoms with Gasteiger partial charge in [-0.2, -0.15) is 0 Å². The van der Waals surface area contributed by atoms with Crippen molar-refractivity contribution in [1.29, 1.82) is 0 Å². The summed E-state index contributed by atoms with van der Waals surface area (Å²) in [6.07, 6.45) is 0.796. The summed E-state index contributed by atoms with van der Waals surface area (Å²) in [7, 11) is 3.44. The number of ether oxygens (including phenoxy) is 1. The fourth-order valence-corrected chi connectivity index (χ4v) is 2.71. The molecule has 5 nitrogen and oxygen atoms in total. The van der Waals surface area contributed by atoms with Crippen molar-refractivity contribution < 1.29 is 9.15 Å². The molecule has 5 heteroatoms. The highest BCUT2D eigenvalue weighted by Crippen LogP contribution is 2.19. The summed E-state index contributed by atoms with van der Waals surface area (Å²) in [6, 6.07) is 18.1. The van der Waals surface area contributed by atoms with E-state index in [-0.39, 0.29) is 0 Å². The van der Waals surface area contributed by atoms with E-state index in [4.69, 9.17) is 9.15 Å². The number of rotatable bonds is 6. The molecule has 0 radical (unpaired) electrons. The van der Waals surface area contributed by atoms with Gasteiger partial charge in [0.2, 0.25) is 0 Å². The maximum absolute atomic E-state index is 5.83. The fourth-order valence-electron chi connectivity index (χ4n) is 2.71. The predicted octanol–water partition coefficient (Wildman–Crippen LogP) is 3.35. The number of hydrogen-bond acceptors (Lipinski definition) is 3. The fraction of sp³-hybridized carbons (Fsp3) is 0.250. The third kappa shape index (κ3) is 4.32. The van der Waals surface area contributed by atoms with Crippen molar-refractivity contribution in [2.45, 2.75) is 13.0 Å². The van der Waals surface area contributed by atoms with Crippen LogP contribution in [0.4, 0.5) is 0 Å². The van der Waals surface area contributed by atoms with Crippen LogP contribution in [-0.2, 0) is 13.0 Å². The lowest BCUT2D eigenvalue weighted by Crippen LogP contribution is -2.37. The number of nitrogens with zero attached hydrogens (tertiary/aromatic N) is 1. The average molecular weight is 337 g/mol. The Balaban J connectivity index is 1.51. The van der Waals surface area contributed by atoms with Crippen molar-refractivity contribution in [1.82, 2.24) is 10.6 Å². The molecule has 3 aromatic rings. The minimum Gasteiger partial charge on any atom is -0.496 e. The molecule has 0 bridgehead atoms. The van der Waals surface area contributed by atoms with Gasteiger partial charge in [-0.1, -0.05) is 36.4 Å². The molecule has 25 heavy (non-hydrogen) atoms. The van der Waals surface area contributed by atoms with E-state index in [2.05, 4.69) is 27.8 Å². The Morgan fingerprint density at radius 2 is 1.88 bits per heavy atom. The highest BCUT2D eigenvalue weighted by atomic mass is 16.5. The number of benzene rings is 2. The molecule has 1 heterocycles. The van der Waals surface area contributed by atoms with Crippen molar-refractivity contribution in [3.8, 4) is 5.75 Å². The zero-order valence-electron chi connectivity index (χ0n) is 14.6. The molecule has 1 aromatic heterocycles. The van der Waals surface area contributed by atoms with Gasteiger partial charge in [0, 0.05) is 37.5 Å². The van der Waals surface area contributed by atoms with E-state index in [1.807, 2.05) is 42.5 Å². The molecule has 0 aliphatic heterocycles. The summed E-state index contributed by atoms with van der Waals surface area (Å²) in [5.41, 5.74) is 2.02. The van der Waals surface area contributed by atoms with Gasteiger partial charge in [0.25, 0.3) is 0 Å². The molecule has 0 saturated heterocycles. The zero-order chi connectivity index (χ0) is 17.5. The second kappa shape index (κ2) is 8.24. The smallest absolute Gasteiger partial charge is 0.191 e. The van der Waals surface area contributed by atoms with Gasteiger partial charge in [-0.3, -0.25) is 4.99 Å². The van der Waals surface area contributed by atoms with Crippen LogP contribution in [-0.4, -0.2) is 26.7 Å². The number of aliphatic imine (C=N–C) groups is 1. The van der Waals surface area contributed by atoms with Crippen molar-refractivity contribution in [3.63, 3.8) is 0 Å². The quantitative estimate of drug-likeness (QED) is 0.535. The SMILES string of the molecule is CN=C(NCCc1cc2ccccc2o1)NCc1ccccc1OC. The molecule has 2 aromatic carbocycles. The predicted molar refractivity (Wildman–Crippen MR) is 101 cm³/mol. The van der Waals surface area contributed by atoms with Gasteiger partial charge >= 0.3 is 0 Å². The highest BCUT2D eigenvalue weighted by molar-refractivity contribution is 5.80. The maximum atomic E-state index is 5.83. The van der Waals surface area contributed by atoms with E-state index in [0.717, 1.165) is 47.0 Å². The van der Waals surface area contributed by atoms with Crippen molar-refractivity contribution in [2.75, 3.05) is 20.7 Å². The molecule has 0 amide bonds. The summed E-state index contributed by atoms with van der Waals surface area (Å²) in [5.74, 6) is 2.59. The Morgan fingerprint density at radius 3 is 2.68 bits per heavy atom. The largest absolute Gasteiger partial charge is 0.496 e. The van der Waals surface area contributed by atoms with E-state index in [0.29, 0.717) is 6.54 Å². The minimum absolute atomic E-state index is 0.647. The lowest BCUT2D eigenvalue weighted by atomic mass is 10.2. The first kappa shape index (κ1) is 16.9. The molecular weight excluding hydrogens is 314 g/mol. The Morgan fingerprint density at radius 1 is 1.08 bits per heavy atom. The van der Waals surface area contributed by atoms with E-state index in [1.54, 1.807) is 14.2 Å². The van der Waals surface area contributed by atoms with Gasteiger partial charge in [0.1, 0.15) is 17.1 Å². The molecule has 0 fully saturated rings. The first-order valence-corrected chi connectivity index (χ1v) is 8.34. The van der Waals surface area contributed by atoms with Gasteiger partial charge in [-0.25, -0.2) is 0 Å². The first-order chi connectivity index (χ1) is 12.3. The van der Waals surface area contributed by atoms with Crippen LogP contribution in [0.2, 0.25) is 0 Å². The van der Waals surface area contributed by atoms with Crippen LogP contribution in [0.25, 0.3) is 11.0 Å².